The van der Waals surface area contributed by atoms with Gasteiger partial charge in [0, 0.05) is 18.0 Å². The molecule has 1 unspecified atom stereocenters. The van der Waals surface area contributed by atoms with Crippen LogP contribution < -0.4 is 4.72 Å². The Morgan fingerprint density at radius 3 is 2.70 bits per heavy atom. The molecule has 20 heavy (non-hydrogen) atoms. The minimum Gasteiger partial charge on any atom is -0.282 e. The van der Waals surface area contributed by atoms with Crippen molar-refractivity contribution >= 4 is 33.0 Å². The molecule has 0 aliphatic heterocycles. The summed E-state index contributed by atoms with van der Waals surface area (Å²) in [5.41, 5.74) is -0.375. The third kappa shape index (κ3) is 4.36. The Morgan fingerprint density at radius 1 is 1.55 bits per heavy atom. The summed E-state index contributed by atoms with van der Waals surface area (Å²) in [5.74, 6) is -0.261. The van der Waals surface area contributed by atoms with Crippen LogP contribution in [0.2, 0.25) is 0 Å². The van der Waals surface area contributed by atoms with Crippen LogP contribution in [0, 0.1) is 27.4 Å². The summed E-state index contributed by atoms with van der Waals surface area (Å²) in [6.07, 6.45) is 0. The number of halogens is 1. The van der Waals surface area contributed by atoms with Gasteiger partial charge in [0.05, 0.1) is 21.9 Å². The van der Waals surface area contributed by atoms with Gasteiger partial charge in [-0.25, -0.2) is 8.42 Å². The number of alkyl halides is 1. The molecule has 0 aliphatic rings. The Labute approximate surface area is 121 Å². The van der Waals surface area contributed by atoms with Crippen LogP contribution in [-0.4, -0.2) is 25.0 Å². The van der Waals surface area contributed by atoms with Gasteiger partial charge in [-0.05, 0) is 12.0 Å². The number of nitrogens with zero attached hydrogens (tertiary/aromatic N) is 2. The molecule has 0 aliphatic carbocycles. The van der Waals surface area contributed by atoms with Crippen LogP contribution in [0.15, 0.2) is 18.2 Å². The van der Waals surface area contributed by atoms with Crippen LogP contribution in [0.4, 0.5) is 11.4 Å². The quantitative estimate of drug-likeness (QED) is 0.490. The molecule has 0 saturated carbocycles. The van der Waals surface area contributed by atoms with E-state index < -0.39 is 14.9 Å². The van der Waals surface area contributed by atoms with Gasteiger partial charge in [0.15, 0.2) is 0 Å². The van der Waals surface area contributed by atoms with E-state index >= 15 is 0 Å². The summed E-state index contributed by atoms with van der Waals surface area (Å²) in [6.45, 7) is 1.67. The topological polar surface area (TPSA) is 113 Å². The minimum atomic E-state index is -3.67. The van der Waals surface area contributed by atoms with Crippen LogP contribution in [0.5, 0.6) is 0 Å². The number of nitro benzene ring substituents is 1. The second-order valence-electron chi connectivity index (χ2n) is 4.24. The molecule has 0 aromatic heterocycles. The molecule has 0 bridgehead atoms. The second kappa shape index (κ2) is 6.54. The number of anilines is 1. The third-order valence-corrected chi connectivity index (χ3v) is 4.43. The van der Waals surface area contributed by atoms with Gasteiger partial charge in [-0.15, -0.1) is 11.6 Å². The Hall–Kier alpha value is -1.85. The number of non-ortho nitro benzene ring substituents is 1. The van der Waals surface area contributed by atoms with E-state index in [1.165, 1.54) is 6.07 Å². The standard InChI is InChI=1S/C11H12ClN3O4S/c1-8(5-12)7-20(18,19)14-11-3-2-10(15(16)17)4-9(11)6-13/h2-4,8,14H,5,7H2,1H3. The SMILES string of the molecule is CC(CCl)CS(=O)(=O)Nc1ccc([N+](=O)[O-])cc1C#N. The zero-order chi connectivity index (χ0) is 15.3. The van der Waals surface area contributed by atoms with Crippen LogP contribution in [0.25, 0.3) is 0 Å². The monoisotopic (exact) mass is 317 g/mol. The predicted molar refractivity (Wildman–Crippen MR) is 75.1 cm³/mol. The van der Waals surface area contributed by atoms with Crippen LogP contribution >= 0.6 is 11.6 Å². The van der Waals surface area contributed by atoms with Crippen molar-refractivity contribution < 1.29 is 13.3 Å². The highest BCUT2D eigenvalue weighted by molar-refractivity contribution is 7.92. The number of nitriles is 1. The highest BCUT2D eigenvalue weighted by Gasteiger charge is 2.18. The molecule has 9 heteroatoms. The lowest BCUT2D eigenvalue weighted by Gasteiger charge is -2.11. The first kappa shape index (κ1) is 16.2. The average molecular weight is 318 g/mol. The van der Waals surface area contributed by atoms with E-state index in [0.29, 0.717) is 0 Å². The van der Waals surface area contributed by atoms with E-state index in [2.05, 4.69) is 4.72 Å². The number of hydrogen-bond donors (Lipinski definition) is 1. The van der Waals surface area contributed by atoms with E-state index in [4.69, 9.17) is 16.9 Å². The fourth-order valence-corrected chi connectivity index (χ4v) is 3.16. The smallest absolute Gasteiger partial charge is 0.270 e. The summed E-state index contributed by atoms with van der Waals surface area (Å²) in [4.78, 5) is 9.93. The first-order valence-corrected chi connectivity index (χ1v) is 7.72. The summed E-state index contributed by atoms with van der Waals surface area (Å²) in [5, 5.41) is 19.5. The van der Waals surface area contributed by atoms with Crippen LogP contribution in [0.1, 0.15) is 12.5 Å². The predicted octanol–water partition coefficient (Wildman–Crippen LogP) is 2.08. The van der Waals surface area contributed by atoms with Gasteiger partial charge in [-0.2, -0.15) is 5.26 Å². The molecule has 0 saturated heterocycles. The molecular weight excluding hydrogens is 306 g/mol. The Morgan fingerprint density at radius 2 is 2.20 bits per heavy atom. The summed E-state index contributed by atoms with van der Waals surface area (Å²) in [7, 11) is -3.67. The lowest BCUT2D eigenvalue weighted by Crippen LogP contribution is -2.22. The summed E-state index contributed by atoms with van der Waals surface area (Å²) >= 11 is 5.56. The van der Waals surface area contributed by atoms with E-state index in [9.17, 15) is 18.5 Å². The largest absolute Gasteiger partial charge is 0.282 e. The number of benzene rings is 1. The van der Waals surface area contributed by atoms with Crippen molar-refractivity contribution in [1.29, 1.82) is 5.26 Å². The number of sulfonamides is 1. The van der Waals surface area contributed by atoms with Crippen LogP contribution in [-0.2, 0) is 10.0 Å². The molecule has 1 aromatic carbocycles. The van der Waals surface area contributed by atoms with Crippen molar-refractivity contribution in [3.8, 4) is 6.07 Å². The molecule has 0 spiro atoms. The Kier molecular flexibility index (Phi) is 5.30. The van der Waals surface area contributed by atoms with Crippen molar-refractivity contribution in [2.24, 2.45) is 5.92 Å². The van der Waals surface area contributed by atoms with E-state index in [-0.39, 0.29) is 34.5 Å². The first-order chi connectivity index (χ1) is 9.29. The Balaban J connectivity index is 3.04. The van der Waals surface area contributed by atoms with Gasteiger partial charge in [-0.3, -0.25) is 14.8 Å². The number of nitro groups is 1. The van der Waals surface area contributed by atoms with E-state index in [0.717, 1.165) is 12.1 Å². The van der Waals surface area contributed by atoms with Gasteiger partial charge >= 0.3 is 0 Å². The number of hydrogen-bond acceptors (Lipinski definition) is 5. The lowest BCUT2D eigenvalue weighted by molar-refractivity contribution is -0.384. The maximum Gasteiger partial charge on any atom is 0.270 e. The van der Waals surface area contributed by atoms with Gasteiger partial charge in [0.25, 0.3) is 5.69 Å². The van der Waals surface area contributed by atoms with Gasteiger partial charge in [0.1, 0.15) is 6.07 Å². The highest BCUT2D eigenvalue weighted by Crippen LogP contribution is 2.22. The normalized spacial score (nSPS) is 12.4. The van der Waals surface area contributed by atoms with Crippen molar-refractivity contribution in [1.82, 2.24) is 0 Å². The fraction of sp³-hybridized carbons (Fsp3) is 0.364. The maximum atomic E-state index is 11.8. The molecule has 0 fully saturated rings. The van der Waals surface area contributed by atoms with E-state index in [1.54, 1.807) is 13.0 Å². The molecule has 1 N–H and O–H groups in total. The molecule has 108 valence electrons. The molecule has 1 aromatic rings. The fourth-order valence-electron chi connectivity index (χ4n) is 1.46. The number of rotatable bonds is 6. The Bertz CT molecular complexity index is 654. The minimum absolute atomic E-state index is 0.0138. The molecule has 1 rings (SSSR count). The molecule has 0 heterocycles. The molecule has 1 atom stereocenters. The van der Waals surface area contributed by atoms with Crippen molar-refractivity contribution in [3.63, 3.8) is 0 Å². The summed E-state index contributed by atoms with van der Waals surface area (Å²) in [6, 6.07) is 5.06. The average Bonchev–Trinajstić information content (AvgIpc) is 2.37. The second-order valence-corrected chi connectivity index (χ2v) is 6.32. The van der Waals surface area contributed by atoms with Gasteiger partial charge in [-0.1, -0.05) is 6.92 Å². The molecular formula is C11H12ClN3O4S. The lowest BCUT2D eigenvalue weighted by atomic mass is 10.2. The third-order valence-electron chi connectivity index (χ3n) is 2.37. The van der Waals surface area contributed by atoms with Crippen molar-refractivity contribution in [3.05, 3.63) is 33.9 Å². The van der Waals surface area contributed by atoms with E-state index in [1.807, 2.05) is 0 Å². The van der Waals surface area contributed by atoms with Gasteiger partial charge < -0.3 is 0 Å². The highest BCUT2D eigenvalue weighted by atomic mass is 35.5. The zero-order valence-corrected chi connectivity index (χ0v) is 12.1. The zero-order valence-electron chi connectivity index (χ0n) is 10.5. The molecule has 7 nitrogen and oxygen atoms in total. The maximum absolute atomic E-state index is 11.8. The first-order valence-electron chi connectivity index (χ1n) is 5.54. The van der Waals surface area contributed by atoms with Crippen molar-refractivity contribution in [2.75, 3.05) is 16.4 Å². The number of nitrogens with one attached hydrogen (secondary N) is 1. The van der Waals surface area contributed by atoms with Crippen molar-refractivity contribution in [2.45, 2.75) is 6.92 Å². The molecule has 0 amide bonds. The summed E-state index contributed by atoms with van der Waals surface area (Å²) < 4.78 is 25.9. The van der Waals surface area contributed by atoms with Crippen LogP contribution in [0.3, 0.4) is 0 Å². The van der Waals surface area contributed by atoms with Gasteiger partial charge in [0.2, 0.25) is 10.0 Å². The molecule has 0 radical (unpaired) electrons.